The maximum atomic E-state index is 11.4. The normalized spacial score (nSPS) is 12.2. The number of hydrogen-bond acceptors (Lipinski definition) is 3. The van der Waals surface area contributed by atoms with E-state index < -0.39 is 0 Å². The number of rotatable bonds is 10. The van der Waals surface area contributed by atoms with E-state index in [1.807, 2.05) is 0 Å². The van der Waals surface area contributed by atoms with Crippen molar-refractivity contribution >= 4 is 5.97 Å². The number of aliphatic hydroxyl groups is 1. The molecule has 3 heteroatoms. The average Bonchev–Trinajstić information content (AvgIpc) is 2.35. The third kappa shape index (κ3) is 7.97. The zero-order chi connectivity index (χ0) is 13.1. The van der Waals surface area contributed by atoms with Crippen LogP contribution >= 0.6 is 0 Å². The lowest BCUT2D eigenvalue weighted by molar-refractivity contribution is -0.140. The van der Waals surface area contributed by atoms with Gasteiger partial charge in [-0.3, -0.25) is 0 Å². The van der Waals surface area contributed by atoms with E-state index in [1.54, 1.807) is 0 Å². The number of carbonyl (C=O) groups excluding carboxylic acids is 1. The van der Waals surface area contributed by atoms with Crippen LogP contribution in [0.5, 0.6) is 0 Å². The second kappa shape index (κ2) is 10.3. The molecule has 0 aromatic rings. The first-order valence-corrected chi connectivity index (χ1v) is 6.61. The largest absolute Gasteiger partial charge is 0.460 e. The van der Waals surface area contributed by atoms with E-state index in [1.165, 1.54) is 19.3 Å². The van der Waals surface area contributed by atoms with Gasteiger partial charge >= 0.3 is 5.97 Å². The number of unbranched alkanes of at least 4 members (excludes halogenated alkanes) is 1. The molecular weight excluding hydrogens is 216 g/mol. The van der Waals surface area contributed by atoms with E-state index in [0.29, 0.717) is 17.9 Å². The van der Waals surface area contributed by atoms with Gasteiger partial charge < -0.3 is 9.84 Å². The Labute approximate surface area is 105 Å². The van der Waals surface area contributed by atoms with Gasteiger partial charge in [0.05, 0.1) is 6.61 Å². The van der Waals surface area contributed by atoms with Crippen LogP contribution in [-0.4, -0.2) is 24.3 Å². The highest BCUT2D eigenvalue weighted by molar-refractivity contribution is 5.87. The maximum absolute atomic E-state index is 11.4. The third-order valence-electron chi connectivity index (χ3n) is 3.01. The van der Waals surface area contributed by atoms with Crippen LogP contribution in [0.15, 0.2) is 12.2 Å². The molecule has 0 fully saturated rings. The molecule has 1 unspecified atom stereocenters. The van der Waals surface area contributed by atoms with Crippen LogP contribution in [0.25, 0.3) is 0 Å². The molecule has 0 saturated heterocycles. The lowest BCUT2D eigenvalue weighted by atomic mass is 9.93. The molecule has 0 aromatic carbocycles. The second-order valence-electron chi connectivity index (χ2n) is 4.42. The zero-order valence-corrected chi connectivity index (χ0v) is 11.2. The summed E-state index contributed by atoms with van der Waals surface area (Å²) in [6.07, 6.45) is 6.55. The quantitative estimate of drug-likeness (QED) is 0.473. The molecule has 0 spiro atoms. The van der Waals surface area contributed by atoms with Gasteiger partial charge in [0.1, 0.15) is 6.61 Å². The fourth-order valence-corrected chi connectivity index (χ4v) is 1.77. The van der Waals surface area contributed by atoms with Crippen molar-refractivity contribution in [3.63, 3.8) is 0 Å². The van der Waals surface area contributed by atoms with Gasteiger partial charge in [-0.25, -0.2) is 4.79 Å². The molecule has 0 radical (unpaired) electrons. The standard InChI is InChI=1S/C14H26O3/c1-4-6-7-13(5-2)9-8-12(3)14(16)17-11-10-15/h13,15H,3-11H2,1-2H3. The number of aliphatic hydroxyl groups excluding tert-OH is 1. The van der Waals surface area contributed by atoms with Gasteiger partial charge in [-0.2, -0.15) is 0 Å². The Hall–Kier alpha value is -0.830. The molecule has 0 amide bonds. The van der Waals surface area contributed by atoms with Crippen LogP contribution in [0.1, 0.15) is 52.4 Å². The monoisotopic (exact) mass is 242 g/mol. The van der Waals surface area contributed by atoms with E-state index in [-0.39, 0.29) is 19.2 Å². The van der Waals surface area contributed by atoms with Crippen molar-refractivity contribution in [2.24, 2.45) is 5.92 Å². The molecule has 3 nitrogen and oxygen atoms in total. The Morgan fingerprint density at radius 3 is 2.59 bits per heavy atom. The maximum Gasteiger partial charge on any atom is 0.333 e. The summed E-state index contributed by atoms with van der Waals surface area (Å²) < 4.78 is 4.81. The molecule has 0 aromatic heterocycles. The van der Waals surface area contributed by atoms with Gasteiger partial charge in [-0.05, 0) is 18.8 Å². The SMILES string of the molecule is C=C(CCC(CC)CCCC)C(=O)OCCO. The molecule has 0 aliphatic heterocycles. The van der Waals surface area contributed by atoms with Crippen LogP contribution < -0.4 is 0 Å². The van der Waals surface area contributed by atoms with Crippen molar-refractivity contribution in [3.05, 3.63) is 12.2 Å². The number of esters is 1. The Kier molecular flexibility index (Phi) is 9.83. The third-order valence-corrected chi connectivity index (χ3v) is 3.01. The van der Waals surface area contributed by atoms with Gasteiger partial charge in [0, 0.05) is 5.57 Å². The topological polar surface area (TPSA) is 46.5 Å². The first kappa shape index (κ1) is 16.2. The number of ether oxygens (including phenoxy) is 1. The van der Waals surface area contributed by atoms with Gasteiger partial charge in [0.2, 0.25) is 0 Å². The summed E-state index contributed by atoms with van der Waals surface area (Å²) in [5.41, 5.74) is 0.522. The Balaban J connectivity index is 3.83. The molecule has 0 saturated carbocycles. The Bertz CT molecular complexity index is 224. The highest BCUT2D eigenvalue weighted by Gasteiger charge is 2.11. The van der Waals surface area contributed by atoms with Gasteiger partial charge in [0.25, 0.3) is 0 Å². The molecule has 1 N–H and O–H groups in total. The van der Waals surface area contributed by atoms with Crippen LogP contribution in [-0.2, 0) is 9.53 Å². The van der Waals surface area contributed by atoms with Crippen molar-refractivity contribution in [2.45, 2.75) is 52.4 Å². The van der Waals surface area contributed by atoms with E-state index in [2.05, 4.69) is 20.4 Å². The smallest absolute Gasteiger partial charge is 0.333 e. The summed E-state index contributed by atoms with van der Waals surface area (Å²) in [7, 11) is 0. The lowest BCUT2D eigenvalue weighted by Crippen LogP contribution is -2.11. The van der Waals surface area contributed by atoms with Crippen molar-refractivity contribution in [1.82, 2.24) is 0 Å². The molecule has 0 aliphatic carbocycles. The van der Waals surface area contributed by atoms with Crippen LogP contribution in [0, 0.1) is 5.92 Å². The summed E-state index contributed by atoms with van der Waals surface area (Å²) in [6, 6.07) is 0. The molecule has 0 bridgehead atoms. The Morgan fingerprint density at radius 1 is 1.35 bits per heavy atom. The lowest BCUT2D eigenvalue weighted by Gasteiger charge is -2.14. The summed E-state index contributed by atoms with van der Waals surface area (Å²) in [5.74, 6) is 0.307. The minimum Gasteiger partial charge on any atom is -0.460 e. The van der Waals surface area contributed by atoms with E-state index in [9.17, 15) is 4.79 Å². The summed E-state index contributed by atoms with van der Waals surface area (Å²) >= 11 is 0. The van der Waals surface area contributed by atoms with Crippen LogP contribution in [0.4, 0.5) is 0 Å². The number of carbonyl (C=O) groups is 1. The summed E-state index contributed by atoms with van der Waals surface area (Å²) in [5, 5.41) is 8.54. The highest BCUT2D eigenvalue weighted by atomic mass is 16.5. The highest BCUT2D eigenvalue weighted by Crippen LogP contribution is 2.20. The van der Waals surface area contributed by atoms with Crippen LogP contribution in [0.2, 0.25) is 0 Å². The van der Waals surface area contributed by atoms with Gasteiger partial charge in [-0.1, -0.05) is 46.1 Å². The second-order valence-corrected chi connectivity index (χ2v) is 4.42. The van der Waals surface area contributed by atoms with E-state index >= 15 is 0 Å². The van der Waals surface area contributed by atoms with E-state index in [4.69, 9.17) is 9.84 Å². The van der Waals surface area contributed by atoms with Gasteiger partial charge in [0.15, 0.2) is 0 Å². The molecule has 17 heavy (non-hydrogen) atoms. The van der Waals surface area contributed by atoms with Crippen molar-refractivity contribution < 1.29 is 14.6 Å². The Morgan fingerprint density at radius 2 is 2.06 bits per heavy atom. The fourth-order valence-electron chi connectivity index (χ4n) is 1.77. The molecular formula is C14H26O3. The van der Waals surface area contributed by atoms with Gasteiger partial charge in [-0.15, -0.1) is 0 Å². The molecule has 0 aliphatic rings. The summed E-state index contributed by atoms with van der Waals surface area (Å²) in [6.45, 7) is 8.05. The molecule has 100 valence electrons. The minimum atomic E-state index is -0.371. The van der Waals surface area contributed by atoms with E-state index in [0.717, 1.165) is 12.8 Å². The van der Waals surface area contributed by atoms with Crippen molar-refractivity contribution in [3.8, 4) is 0 Å². The first-order chi connectivity index (χ1) is 8.15. The molecule has 1 atom stereocenters. The minimum absolute atomic E-state index is 0.0604. The number of hydrogen-bond donors (Lipinski definition) is 1. The average molecular weight is 242 g/mol. The van der Waals surface area contributed by atoms with Crippen molar-refractivity contribution in [1.29, 1.82) is 0 Å². The van der Waals surface area contributed by atoms with Crippen molar-refractivity contribution in [2.75, 3.05) is 13.2 Å². The zero-order valence-electron chi connectivity index (χ0n) is 11.2. The predicted octanol–water partition coefficient (Wildman–Crippen LogP) is 3.07. The first-order valence-electron chi connectivity index (χ1n) is 6.61. The van der Waals surface area contributed by atoms with Crippen LogP contribution in [0.3, 0.4) is 0 Å². The molecule has 0 heterocycles. The summed E-state index contributed by atoms with van der Waals surface area (Å²) in [4.78, 5) is 11.4. The predicted molar refractivity (Wildman–Crippen MR) is 69.7 cm³/mol. The molecule has 0 rings (SSSR count). The fraction of sp³-hybridized carbons (Fsp3) is 0.786.